The van der Waals surface area contributed by atoms with Crippen molar-refractivity contribution in [2.45, 2.75) is 38.9 Å². The molecule has 1 aromatic rings. The van der Waals surface area contributed by atoms with Crippen molar-refractivity contribution in [2.75, 3.05) is 18.4 Å². The molecule has 2 aliphatic heterocycles. The number of imidazole rings is 1. The summed E-state index contributed by atoms with van der Waals surface area (Å²) < 4.78 is 19.1. The molecule has 6 nitrogen and oxygen atoms in total. The Morgan fingerprint density at radius 3 is 2.21 bits per heavy atom. The van der Waals surface area contributed by atoms with E-state index in [1.807, 2.05) is 45.5 Å². The highest BCUT2D eigenvalue weighted by Crippen LogP contribution is 2.36. The third-order valence-corrected chi connectivity index (χ3v) is 4.14. The second-order valence-electron chi connectivity index (χ2n) is 6.17. The van der Waals surface area contributed by atoms with Crippen molar-refractivity contribution in [3.05, 3.63) is 6.20 Å². The zero-order chi connectivity index (χ0) is 13.8. The SMILES string of the molecule is Cn1cc(B2OC(C)(C)C(C)(C)O2)nc1N1COC1. The number of aryl methyl sites for hydroxylation is 1. The van der Waals surface area contributed by atoms with Gasteiger partial charge in [0.15, 0.2) is 0 Å². The van der Waals surface area contributed by atoms with Gasteiger partial charge in [-0.1, -0.05) is 0 Å². The maximum absolute atomic E-state index is 6.00. The number of rotatable bonds is 2. The minimum absolute atomic E-state index is 0.338. The highest BCUT2D eigenvalue weighted by atomic mass is 16.7. The molecule has 0 radical (unpaired) electrons. The Bertz CT molecular complexity index is 480. The molecular weight excluding hydrogens is 245 g/mol. The van der Waals surface area contributed by atoms with Gasteiger partial charge < -0.3 is 18.6 Å². The summed E-state index contributed by atoms with van der Waals surface area (Å²) >= 11 is 0. The van der Waals surface area contributed by atoms with Crippen LogP contribution in [-0.2, 0) is 21.1 Å². The Morgan fingerprint density at radius 1 is 1.16 bits per heavy atom. The standard InChI is InChI=1S/C12H20BN3O3/c1-11(2)12(3,4)19-13(18-11)9-6-15(5)10(14-9)16-7-17-8-16/h6H,7-8H2,1-5H3. The lowest BCUT2D eigenvalue weighted by molar-refractivity contribution is 0.00578. The molecule has 3 heterocycles. The summed E-state index contributed by atoms with van der Waals surface area (Å²) in [5.41, 5.74) is 0.132. The first-order chi connectivity index (χ1) is 8.80. The summed E-state index contributed by atoms with van der Waals surface area (Å²) in [4.78, 5) is 6.65. The first-order valence-electron chi connectivity index (χ1n) is 6.52. The minimum atomic E-state index is -0.410. The van der Waals surface area contributed by atoms with Crippen LogP contribution in [0.4, 0.5) is 5.95 Å². The van der Waals surface area contributed by atoms with Gasteiger partial charge in [-0.15, -0.1) is 0 Å². The van der Waals surface area contributed by atoms with Crippen LogP contribution in [0.15, 0.2) is 6.20 Å². The lowest BCUT2D eigenvalue weighted by Gasteiger charge is -2.32. The third kappa shape index (κ3) is 1.96. The van der Waals surface area contributed by atoms with Crippen molar-refractivity contribution in [3.63, 3.8) is 0 Å². The summed E-state index contributed by atoms with van der Waals surface area (Å²) in [6.07, 6.45) is 1.95. The smallest absolute Gasteiger partial charge is 0.398 e. The number of ether oxygens (including phenoxy) is 1. The van der Waals surface area contributed by atoms with E-state index < -0.39 is 7.12 Å². The first-order valence-corrected chi connectivity index (χ1v) is 6.52. The average Bonchev–Trinajstić information content (AvgIpc) is 2.65. The molecule has 2 aliphatic rings. The molecule has 0 saturated carbocycles. The van der Waals surface area contributed by atoms with Crippen LogP contribution in [0.3, 0.4) is 0 Å². The zero-order valence-corrected chi connectivity index (χ0v) is 12.1. The quantitative estimate of drug-likeness (QED) is 0.727. The van der Waals surface area contributed by atoms with Crippen LogP contribution in [0, 0.1) is 0 Å². The van der Waals surface area contributed by atoms with E-state index in [0.717, 1.165) is 11.5 Å². The summed E-state index contributed by atoms with van der Waals surface area (Å²) in [5, 5.41) is 0. The van der Waals surface area contributed by atoms with Crippen molar-refractivity contribution in [1.82, 2.24) is 9.55 Å². The van der Waals surface area contributed by atoms with Gasteiger partial charge in [0.1, 0.15) is 13.5 Å². The van der Waals surface area contributed by atoms with Gasteiger partial charge in [0.2, 0.25) is 5.95 Å². The minimum Gasteiger partial charge on any atom is -0.398 e. The molecule has 3 rings (SSSR count). The highest BCUT2D eigenvalue weighted by Gasteiger charge is 2.52. The van der Waals surface area contributed by atoms with Crippen LogP contribution < -0.4 is 10.5 Å². The molecule has 0 aliphatic carbocycles. The first kappa shape index (κ1) is 13.0. The fraction of sp³-hybridized carbons (Fsp3) is 0.750. The number of anilines is 1. The van der Waals surface area contributed by atoms with Gasteiger partial charge in [0.25, 0.3) is 0 Å². The monoisotopic (exact) mass is 265 g/mol. The lowest BCUT2D eigenvalue weighted by Crippen LogP contribution is -2.42. The molecule has 0 amide bonds. The Morgan fingerprint density at radius 2 is 1.74 bits per heavy atom. The highest BCUT2D eigenvalue weighted by molar-refractivity contribution is 6.61. The van der Waals surface area contributed by atoms with Gasteiger partial charge in [-0.3, -0.25) is 4.90 Å². The largest absolute Gasteiger partial charge is 0.516 e. The van der Waals surface area contributed by atoms with Crippen molar-refractivity contribution in [1.29, 1.82) is 0 Å². The molecule has 0 bridgehead atoms. The maximum atomic E-state index is 6.00. The molecule has 0 aromatic carbocycles. The Hall–Kier alpha value is -1.05. The van der Waals surface area contributed by atoms with Gasteiger partial charge in [0, 0.05) is 13.2 Å². The van der Waals surface area contributed by atoms with Gasteiger partial charge in [0.05, 0.1) is 16.8 Å². The normalized spacial score (nSPS) is 24.7. The zero-order valence-electron chi connectivity index (χ0n) is 12.1. The van der Waals surface area contributed by atoms with Crippen molar-refractivity contribution in [3.8, 4) is 0 Å². The third-order valence-electron chi connectivity index (χ3n) is 4.14. The van der Waals surface area contributed by atoms with Crippen LogP contribution >= 0.6 is 0 Å². The molecule has 0 atom stereocenters. The average molecular weight is 265 g/mol. The van der Waals surface area contributed by atoms with Crippen LogP contribution in [0.25, 0.3) is 0 Å². The van der Waals surface area contributed by atoms with E-state index in [4.69, 9.17) is 14.0 Å². The van der Waals surface area contributed by atoms with Crippen LogP contribution in [0.1, 0.15) is 27.7 Å². The predicted molar refractivity (Wildman–Crippen MR) is 72.2 cm³/mol. The van der Waals surface area contributed by atoms with Crippen LogP contribution in [-0.4, -0.2) is 41.3 Å². The number of hydrogen-bond donors (Lipinski definition) is 0. The Balaban J connectivity index is 1.84. The van der Waals surface area contributed by atoms with Gasteiger partial charge in [-0.25, -0.2) is 4.98 Å². The maximum Gasteiger partial charge on any atom is 0.516 e. The van der Waals surface area contributed by atoms with E-state index in [9.17, 15) is 0 Å². The lowest BCUT2D eigenvalue weighted by atomic mass is 9.86. The fourth-order valence-electron chi connectivity index (χ4n) is 2.15. The van der Waals surface area contributed by atoms with E-state index in [1.54, 1.807) is 0 Å². The molecule has 0 N–H and O–H groups in total. The fourth-order valence-corrected chi connectivity index (χ4v) is 2.15. The molecule has 2 saturated heterocycles. The van der Waals surface area contributed by atoms with Crippen molar-refractivity contribution >= 4 is 18.7 Å². The van der Waals surface area contributed by atoms with Gasteiger partial charge in [-0.2, -0.15) is 0 Å². The van der Waals surface area contributed by atoms with Crippen LogP contribution in [0.5, 0.6) is 0 Å². The molecule has 0 spiro atoms. The van der Waals surface area contributed by atoms with Crippen molar-refractivity contribution in [2.24, 2.45) is 7.05 Å². The van der Waals surface area contributed by atoms with E-state index in [0.29, 0.717) is 13.5 Å². The predicted octanol–water partition coefficient (Wildman–Crippen LogP) is 0.471. The van der Waals surface area contributed by atoms with E-state index in [2.05, 4.69) is 9.88 Å². The second-order valence-corrected chi connectivity index (χ2v) is 6.17. The molecule has 0 unspecified atom stereocenters. The topological polar surface area (TPSA) is 48.8 Å². The van der Waals surface area contributed by atoms with E-state index in [-0.39, 0.29) is 11.2 Å². The summed E-state index contributed by atoms with van der Waals surface area (Å²) in [6, 6.07) is 0. The number of hydrogen-bond acceptors (Lipinski definition) is 5. The van der Waals surface area contributed by atoms with E-state index >= 15 is 0 Å². The summed E-state index contributed by atoms with van der Waals surface area (Å²) in [5.74, 6) is 0.885. The van der Waals surface area contributed by atoms with Gasteiger partial charge >= 0.3 is 7.12 Å². The summed E-state index contributed by atoms with van der Waals surface area (Å²) in [6.45, 7) is 9.35. The summed E-state index contributed by atoms with van der Waals surface area (Å²) in [7, 11) is 1.56. The molecule has 104 valence electrons. The number of aromatic nitrogens is 2. The van der Waals surface area contributed by atoms with Crippen LogP contribution in [0.2, 0.25) is 0 Å². The van der Waals surface area contributed by atoms with E-state index in [1.165, 1.54) is 0 Å². The Labute approximate surface area is 113 Å². The van der Waals surface area contributed by atoms with Gasteiger partial charge in [-0.05, 0) is 27.7 Å². The molecule has 19 heavy (non-hydrogen) atoms. The second kappa shape index (κ2) is 3.97. The number of nitrogens with zero attached hydrogens (tertiary/aromatic N) is 3. The molecule has 7 heteroatoms. The Kier molecular flexibility index (Phi) is 2.71. The molecule has 1 aromatic heterocycles. The molecular formula is C12H20BN3O3. The molecule has 2 fully saturated rings. The van der Waals surface area contributed by atoms with Crippen molar-refractivity contribution < 1.29 is 14.0 Å².